The van der Waals surface area contributed by atoms with E-state index in [1.54, 1.807) is 0 Å². The van der Waals surface area contributed by atoms with Crippen molar-refractivity contribution in [2.45, 2.75) is 51.2 Å². The standard InChI is InChI=1S/C29H37N3O3/c1-21-6-5-9-25-26(18-30-28(21)25)24-13-15-31(19-27(24)33)14-10-22-11-16-32(17-12-22)29(34)35-20-23-7-3-2-4-8-23/h2-9,18,22,24,27,30,33H,10-17,19-20H2,1H3/t24-,27?/m0/s1. The Hall–Kier alpha value is -2.83. The maximum Gasteiger partial charge on any atom is 0.410 e. The lowest BCUT2D eigenvalue weighted by Gasteiger charge is -2.37. The van der Waals surface area contributed by atoms with Crippen LogP contribution in [-0.2, 0) is 11.3 Å². The number of rotatable bonds is 6. The lowest BCUT2D eigenvalue weighted by atomic mass is 9.86. The molecule has 2 aliphatic heterocycles. The highest BCUT2D eigenvalue weighted by atomic mass is 16.6. The lowest BCUT2D eigenvalue weighted by molar-refractivity contribution is 0.0456. The van der Waals surface area contributed by atoms with E-state index >= 15 is 0 Å². The normalized spacial score (nSPS) is 21.9. The Labute approximate surface area is 207 Å². The Bertz CT molecular complexity index is 1120. The molecule has 1 unspecified atom stereocenters. The summed E-state index contributed by atoms with van der Waals surface area (Å²) in [6, 6.07) is 16.2. The SMILES string of the molecule is Cc1cccc2c([C@@H]3CCN(CCC4CCN(C(=O)OCc5ccccc5)CC4)CC3O)c[nH]c12. The van der Waals surface area contributed by atoms with Crippen LogP contribution in [0, 0.1) is 12.8 Å². The number of hydrogen-bond donors (Lipinski definition) is 2. The van der Waals surface area contributed by atoms with Gasteiger partial charge in [-0.15, -0.1) is 0 Å². The van der Waals surface area contributed by atoms with E-state index in [0.29, 0.717) is 12.5 Å². The van der Waals surface area contributed by atoms with Crippen LogP contribution in [-0.4, -0.2) is 64.8 Å². The minimum atomic E-state index is -0.343. The Balaban J connectivity index is 1.05. The highest BCUT2D eigenvalue weighted by Gasteiger charge is 2.31. The molecule has 1 amide bonds. The molecule has 0 bridgehead atoms. The van der Waals surface area contributed by atoms with Gasteiger partial charge in [0, 0.05) is 42.7 Å². The van der Waals surface area contributed by atoms with Gasteiger partial charge in [-0.3, -0.25) is 0 Å². The molecule has 186 valence electrons. The van der Waals surface area contributed by atoms with Crippen molar-refractivity contribution in [1.29, 1.82) is 0 Å². The van der Waals surface area contributed by atoms with Crippen LogP contribution in [0.5, 0.6) is 0 Å². The molecule has 3 heterocycles. The number of carbonyl (C=O) groups excluding carboxylic acids is 1. The molecule has 2 aromatic carbocycles. The van der Waals surface area contributed by atoms with Crippen LogP contribution >= 0.6 is 0 Å². The first-order valence-corrected chi connectivity index (χ1v) is 13.0. The summed E-state index contributed by atoms with van der Waals surface area (Å²) in [5, 5.41) is 12.2. The fraction of sp³-hybridized carbons (Fsp3) is 0.483. The first kappa shape index (κ1) is 23.9. The van der Waals surface area contributed by atoms with Crippen LogP contribution in [0.3, 0.4) is 0 Å². The van der Waals surface area contributed by atoms with Gasteiger partial charge < -0.3 is 24.6 Å². The molecule has 5 rings (SSSR count). The van der Waals surface area contributed by atoms with Crippen molar-refractivity contribution in [3.8, 4) is 0 Å². The van der Waals surface area contributed by atoms with Crippen molar-refractivity contribution in [3.63, 3.8) is 0 Å². The molecule has 2 fully saturated rings. The lowest BCUT2D eigenvalue weighted by Crippen LogP contribution is -2.44. The van der Waals surface area contributed by atoms with Gasteiger partial charge >= 0.3 is 6.09 Å². The predicted octanol–water partition coefficient (Wildman–Crippen LogP) is 5.07. The molecule has 35 heavy (non-hydrogen) atoms. The van der Waals surface area contributed by atoms with Crippen molar-refractivity contribution >= 4 is 17.0 Å². The highest BCUT2D eigenvalue weighted by molar-refractivity contribution is 5.86. The number of hydrogen-bond acceptors (Lipinski definition) is 4. The molecule has 3 aromatic rings. The molecule has 0 aliphatic carbocycles. The zero-order valence-corrected chi connectivity index (χ0v) is 20.7. The number of nitrogens with one attached hydrogen (secondary N) is 1. The van der Waals surface area contributed by atoms with Gasteiger partial charge in [-0.05, 0) is 68.3 Å². The van der Waals surface area contributed by atoms with Crippen LogP contribution < -0.4 is 0 Å². The Morgan fingerprint density at radius 1 is 1.06 bits per heavy atom. The molecule has 6 nitrogen and oxygen atoms in total. The quantitative estimate of drug-likeness (QED) is 0.523. The number of carbonyl (C=O) groups is 1. The van der Waals surface area contributed by atoms with Gasteiger partial charge in [-0.2, -0.15) is 0 Å². The van der Waals surface area contributed by atoms with E-state index in [-0.39, 0.29) is 18.1 Å². The molecular formula is C29H37N3O3. The summed E-state index contributed by atoms with van der Waals surface area (Å²) in [5.74, 6) is 0.812. The molecule has 2 aliphatic rings. The minimum absolute atomic E-state index is 0.187. The van der Waals surface area contributed by atoms with E-state index in [9.17, 15) is 9.90 Å². The summed E-state index contributed by atoms with van der Waals surface area (Å²) in [5.41, 5.74) is 4.70. The first-order valence-electron chi connectivity index (χ1n) is 13.0. The van der Waals surface area contributed by atoms with Crippen LogP contribution in [0.4, 0.5) is 4.79 Å². The summed E-state index contributed by atoms with van der Waals surface area (Å²) >= 11 is 0. The topological polar surface area (TPSA) is 68.8 Å². The number of aryl methyl sites for hydroxylation is 1. The summed E-state index contributed by atoms with van der Waals surface area (Å²) in [6.45, 7) is 6.75. The average molecular weight is 476 g/mol. The van der Waals surface area contributed by atoms with E-state index in [1.807, 2.05) is 35.2 Å². The van der Waals surface area contributed by atoms with Crippen LogP contribution in [0.1, 0.15) is 48.3 Å². The molecular weight excluding hydrogens is 438 g/mol. The van der Waals surface area contributed by atoms with Crippen LogP contribution in [0.2, 0.25) is 0 Å². The molecule has 0 radical (unpaired) electrons. The van der Waals surface area contributed by atoms with Gasteiger partial charge in [0.25, 0.3) is 0 Å². The number of ether oxygens (including phenoxy) is 1. The zero-order chi connectivity index (χ0) is 24.2. The molecule has 1 aromatic heterocycles. The number of amides is 1. The van der Waals surface area contributed by atoms with Gasteiger partial charge in [-0.1, -0.05) is 48.5 Å². The summed E-state index contributed by atoms with van der Waals surface area (Å²) in [6.07, 6.45) is 5.70. The number of β-amino-alcohol motifs (C(OH)–C–C–N with tert-alkyl or cyclic N) is 1. The predicted molar refractivity (Wildman–Crippen MR) is 138 cm³/mol. The van der Waals surface area contributed by atoms with Crippen molar-refractivity contribution in [1.82, 2.24) is 14.8 Å². The number of likely N-dealkylation sites (tertiary alicyclic amines) is 2. The third kappa shape index (κ3) is 5.54. The van der Waals surface area contributed by atoms with Crippen LogP contribution in [0.25, 0.3) is 10.9 Å². The van der Waals surface area contributed by atoms with E-state index in [0.717, 1.165) is 64.0 Å². The number of nitrogens with zero attached hydrogens (tertiary/aromatic N) is 2. The van der Waals surface area contributed by atoms with Gasteiger partial charge in [0.05, 0.1) is 6.10 Å². The number of aliphatic hydroxyl groups excluding tert-OH is 1. The third-order valence-corrected chi connectivity index (χ3v) is 7.95. The minimum Gasteiger partial charge on any atom is -0.445 e. The summed E-state index contributed by atoms with van der Waals surface area (Å²) in [7, 11) is 0. The van der Waals surface area contributed by atoms with Crippen LogP contribution in [0.15, 0.2) is 54.7 Å². The highest BCUT2D eigenvalue weighted by Crippen LogP contribution is 2.34. The number of aromatic amines is 1. The number of H-pyrrole nitrogens is 1. The average Bonchev–Trinajstić information content (AvgIpc) is 3.32. The second-order valence-electron chi connectivity index (χ2n) is 10.3. The van der Waals surface area contributed by atoms with Crippen molar-refractivity contribution in [2.75, 3.05) is 32.7 Å². The number of aromatic nitrogens is 1. The monoisotopic (exact) mass is 475 g/mol. The van der Waals surface area contributed by atoms with Crippen molar-refractivity contribution < 1.29 is 14.6 Å². The number of fused-ring (bicyclic) bond motifs is 1. The zero-order valence-electron chi connectivity index (χ0n) is 20.7. The number of aliphatic hydroxyl groups is 1. The second-order valence-corrected chi connectivity index (χ2v) is 10.3. The van der Waals surface area contributed by atoms with Crippen molar-refractivity contribution in [3.05, 3.63) is 71.4 Å². The fourth-order valence-corrected chi connectivity index (χ4v) is 5.78. The molecule has 2 saturated heterocycles. The Kier molecular flexibility index (Phi) is 7.40. The maximum absolute atomic E-state index is 12.4. The largest absolute Gasteiger partial charge is 0.445 e. The number of para-hydroxylation sites is 1. The summed E-state index contributed by atoms with van der Waals surface area (Å²) in [4.78, 5) is 20.1. The molecule has 0 spiro atoms. The second kappa shape index (κ2) is 10.8. The smallest absolute Gasteiger partial charge is 0.410 e. The Morgan fingerprint density at radius 3 is 2.63 bits per heavy atom. The van der Waals surface area contributed by atoms with Gasteiger partial charge in [0.1, 0.15) is 6.61 Å². The van der Waals surface area contributed by atoms with E-state index in [1.165, 1.54) is 22.0 Å². The maximum atomic E-state index is 12.4. The molecule has 6 heteroatoms. The third-order valence-electron chi connectivity index (χ3n) is 7.95. The molecule has 2 atom stereocenters. The van der Waals surface area contributed by atoms with Gasteiger partial charge in [0.2, 0.25) is 0 Å². The van der Waals surface area contributed by atoms with Gasteiger partial charge in [-0.25, -0.2) is 4.79 Å². The number of benzene rings is 2. The molecule has 2 N–H and O–H groups in total. The summed E-state index contributed by atoms with van der Waals surface area (Å²) < 4.78 is 5.49. The fourth-order valence-electron chi connectivity index (χ4n) is 5.78. The number of piperidine rings is 2. The van der Waals surface area contributed by atoms with Crippen molar-refractivity contribution in [2.24, 2.45) is 5.92 Å². The van der Waals surface area contributed by atoms with E-state index < -0.39 is 0 Å². The molecule has 0 saturated carbocycles. The van der Waals surface area contributed by atoms with E-state index in [2.05, 4.69) is 41.2 Å². The van der Waals surface area contributed by atoms with E-state index in [4.69, 9.17) is 4.74 Å². The van der Waals surface area contributed by atoms with Gasteiger partial charge in [0.15, 0.2) is 0 Å². The Morgan fingerprint density at radius 2 is 1.86 bits per heavy atom. The first-order chi connectivity index (χ1) is 17.1.